The summed E-state index contributed by atoms with van der Waals surface area (Å²) < 4.78 is 13.0. The molecule has 0 spiro atoms. The first-order valence-electron chi connectivity index (χ1n) is 14.1. The molecule has 1 saturated heterocycles. The lowest BCUT2D eigenvalue weighted by molar-refractivity contribution is -0.136. The Bertz CT molecular complexity index is 1040. The van der Waals surface area contributed by atoms with E-state index in [2.05, 4.69) is 29.6 Å². The van der Waals surface area contributed by atoms with E-state index in [0.29, 0.717) is 62.1 Å². The van der Waals surface area contributed by atoms with Gasteiger partial charge in [0, 0.05) is 25.3 Å². The van der Waals surface area contributed by atoms with E-state index in [1.165, 1.54) is 0 Å². The Hall–Kier alpha value is -2.59. The molecular formula is C28H43N5O5. The minimum Gasteiger partial charge on any atom is -0.477 e. The molecule has 1 aromatic rings. The second kappa shape index (κ2) is 10.5. The topological polar surface area (TPSA) is 118 Å². The highest BCUT2D eigenvalue weighted by Crippen LogP contribution is 2.55. The largest absolute Gasteiger partial charge is 0.477 e. The summed E-state index contributed by atoms with van der Waals surface area (Å²) in [4.78, 5) is 27.9. The van der Waals surface area contributed by atoms with Gasteiger partial charge in [0.25, 0.3) is 5.91 Å². The highest BCUT2D eigenvalue weighted by Gasteiger charge is 2.55. The normalized spacial score (nSPS) is 30.7. The predicted molar refractivity (Wildman–Crippen MR) is 143 cm³/mol. The molecule has 3 amide bonds. The minimum absolute atomic E-state index is 0.0745. The third kappa shape index (κ3) is 5.86. The van der Waals surface area contributed by atoms with Crippen molar-refractivity contribution in [2.24, 2.45) is 23.7 Å². The molecule has 10 nitrogen and oxygen atoms in total. The van der Waals surface area contributed by atoms with E-state index in [-0.39, 0.29) is 23.9 Å². The summed E-state index contributed by atoms with van der Waals surface area (Å²) >= 11 is 0. The molecule has 38 heavy (non-hydrogen) atoms. The van der Waals surface area contributed by atoms with Crippen molar-refractivity contribution in [1.29, 1.82) is 0 Å². The fourth-order valence-corrected chi connectivity index (χ4v) is 6.87. The van der Waals surface area contributed by atoms with E-state index in [0.717, 1.165) is 32.1 Å². The highest BCUT2D eigenvalue weighted by molar-refractivity contribution is 5.96. The van der Waals surface area contributed by atoms with Gasteiger partial charge in [-0.2, -0.15) is 5.10 Å². The Morgan fingerprint density at radius 2 is 1.92 bits per heavy atom. The van der Waals surface area contributed by atoms with Crippen LogP contribution in [0.25, 0.3) is 6.20 Å². The van der Waals surface area contributed by atoms with E-state index in [1.54, 1.807) is 22.0 Å². The van der Waals surface area contributed by atoms with Crippen LogP contribution in [0.4, 0.5) is 4.79 Å². The molecule has 3 N–H and O–H groups in total. The lowest BCUT2D eigenvalue weighted by Gasteiger charge is -2.58. The Labute approximate surface area is 225 Å². The van der Waals surface area contributed by atoms with Crippen LogP contribution < -0.4 is 15.4 Å². The molecule has 1 aliphatic heterocycles. The quantitative estimate of drug-likeness (QED) is 0.477. The van der Waals surface area contributed by atoms with Crippen molar-refractivity contribution < 1.29 is 24.2 Å². The fraction of sp³-hybridized carbons (Fsp3) is 0.750. The highest BCUT2D eigenvalue weighted by atomic mass is 16.5. The summed E-state index contributed by atoms with van der Waals surface area (Å²) in [7, 11) is 0. The van der Waals surface area contributed by atoms with Gasteiger partial charge in [-0.25, -0.2) is 9.48 Å². The fourth-order valence-electron chi connectivity index (χ4n) is 6.87. The van der Waals surface area contributed by atoms with Crippen molar-refractivity contribution in [3.05, 3.63) is 17.8 Å². The van der Waals surface area contributed by atoms with Crippen LogP contribution in [0.2, 0.25) is 0 Å². The number of nitrogens with one attached hydrogen (secondary N) is 2. The molecule has 4 bridgehead atoms. The maximum Gasteiger partial charge on any atom is 0.318 e. The van der Waals surface area contributed by atoms with Gasteiger partial charge in [-0.05, 0) is 75.7 Å². The van der Waals surface area contributed by atoms with E-state index < -0.39 is 11.1 Å². The Morgan fingerprint density at radius 1 is 1.24 bits per heavy atom. The van der Waals surface area contributed by atoms with Gasteiger partial charge >= 0.3 is 6.03 Å². The molecule has 5 fully saturated rings. The number of nitrogens with zero attached hydrogens (tertiary/aromatic N) is 3. The summed E-state index contributed by atoms with van der Waals surface area (Å²) in [5.74, 6) is 1.70. The number of amides is 3. The zero-order chi connectivity index (χ0) is 27.1. The number of aliphatic hydroxyl groups is 1. The molecule has 1 aromatic heterocycles. The van der Waals surface area contributed by atoms with Crippen molar-refractivity contribution in [2.75, 3.05) is 32.9 Å². The first kappa shape index (κ1) is 27.0. The molecule has 4 aliphatic carbocycles. The SMILES string of the molecule is CC(C)COc1c(C(=O)N[C@H]2C3CC4CC2C[C@](O)(C4)C3)cnn1/C=C/C(C)(C)NC(=O)N1CCOCC1. The molecule has 5 aliphatic rings. The van der Waals surface area contributed by atoms with Crippen LogP contribution in [0.15, 0.2) is 12.3 Å². The smallest absolute Gasteiger partial charge is 0.318 e. The zero-order valence-electron chi connectivity index (χ0n) is 23.1. The maximum absolute atomic E-state index is 13.5. The molecule has 210 valence electrons. The number of ether oxygens (including phenoxy) is 2. The van der Waals surface area contributed by atoms with Crippen LogP contribution in [0.1, 0.15) is 70.2 Å². The average Bonchev–Trinajstić information content (AvgIpc) is 3.26. The van der Waals surface area contributed by atoms with E-state index in [1.807, 2.05) is 19.9 Å². The molecular weight excluding hydrogens is 486 g/mol. The first-order chi connectivity index (χ1) is 18.0. The number of carbonyl (C=O) groups is 2. The molecule has 0 aromatic carbocycles. The average molecular weight is 530 g/mol. The van der Waals surface area contributed by atoms with Gasteiger partial charge in [0.05, 0.1) is 37.2 Å². The van der Waals surface area contributed by atoms with Crippen LogP contribution in [-0.4, -0.2) is 81.8 Å². The molecule has 0 radical (unpaired) electrons. The van der Waals surface area contributed by atoms with Crippen LogP contribution in [0.3, 0.4) is 0 Å². The third-order valence-corrected chi connectivity index (χ3v) is 8.45. The standard InChI is InChI=1S/C28H43N5O5/c1-18(2)17-38-25-22(24(34)30-23-20-11-19-12-21(23)15-28(36,13-19)14-20)16-29-33(25)6-5-27(3,4)31-26(35)32-7-9-37-10-8-32/h5-6,16,18-21,23,36H,7-15,17H2,1-4H3,(H,30,34)(H,31,35)/b6-5+/t19?,20?,21?,23-,28-. The second-order valence-corrected chi connectivity index (χ2v) is 12.8. The van der Waals surface area contributed by atoms with Crippen molar-refractivity contribution in [2.45, 2.75) is 77.0 Å². The van der Waals surface area contributed by atoms with E-state index in [9.17, 15) is 14.7 Å². The Morgan fingerprint density at radius 3 is 2.55 bits per heavy atom. The number of morpholine rings is 1. The number of aromatic nitrogens is 2. The van der Waals surface area contributed by atoms with Crippen molar-refractivity contribution >= 4 is 18.1 Å². The first-order valence-corrected chi connectivity index (χ1v) is 14.1. The molecule has 2 heterocycles. The van der Waals surface area contributed by atoms with Gasteiger partial charge < -0.3 is 30.1 Å². The molecule has 4 saturated carbocycles. The summed E-state index contributed by atoms with van der Waals surface area (Å²) in [5, 5.41) is 21.7. The van der Waals surface area contributed by atoms with Crippen molar-refractivity contribution in [1.82, 2.24) is 25.3 Å². The minimum atomic E-state index is -0.653. The van der Waals surface area contributed by atoms with Gasteiger partial charge in [-0.3, -0.25) is 4.79 Å². The summed E-state index contributed by atoms with van der Waals surface area (Å²) in [6, 6.07) is -0.0643. The van der Waals surface area contributed by atoms with Crippen molar-refractivity contribution in [3.63, 3.8) is 0 Å². The number of carbonyl (C=O) groups excluding carboxylic acids is 2. The monoisotopic (exact) mass is 529 g/mol. The molecule has 10 heteroatoms. The van der Waals surface area contributed by atoms with Gasteiger partial charge in [-0.15, -0.1) is 0 Å². The predicted octanol–water partition coefficient (Wildman–Crippen LogP) is 2.88. The number of urea groups is 1. The van der Waals surface area contributed by atoms with Gasteiger partial charge in [0.2, 0.25) is 5.88 Å². The number of rotatable bonds is 8. The summed E-state index contributed by atoms with van der Waals surface area (Å²) in [6.07, 6.45) is 9.75. The molecule has 6 rings (SSSR count). The Balaban J connectivity index is 1.29. The van der Waals surface area contributed by atoms with E-state index >= 15 is 0 Å². The molecule has 2 atom stereocenters. The van der Waals surface area contributed by atoms with Crippen LogP contribution in [0.5, 0.6) is 5.88 Å². The lowest BCUT2D eigenvalue weighted by Crippen LogP contribution is -2.61. The van der Waals surface area contributed by atoms with Gasteiger partial charge in [0.1, 0.15) is 5.56 Å². The maximum atomic E-state index is 13.5. The summed E-state index contributed by atoms with van der Waals surface area (Å²) in [5.41, 5.74) is -0.791. The van der Waals surface area contributed by atoms with Gasteiger partial charge in [-0.1, -0.05) is 13.8 Å². The van der Waals surface area contributed by atoms with Crippen LogP contribution >= 0.6 is 0 Å². The summed E-state index contributed by atoms with van der Waals surface area (Å²) in [6.45, 7) is 10.6. The number of hydrogen-bond acceptors (Lipinski definition) is 6. The zero-order valence-corrected chi connectivity index (χ0v) is 23.1. The Kier molecular flexibility index (Phi) is 7.48. The molecule has 2 unspecified atom stereocenters. The van der Waals surface area contributed by atoms with Crippen LogP contribution in [-0.2, 0) is 4.74 Å². The lowest BCUT2D eigenvalue weighted by atomic mass is 9.52. The van der Waals surface area contributed by atoms with E-state index in [4.69, 9.17) is 9.47 Å². The second-order valence-electron chi connectivity index (χ2n) is 12.8. The van der Waals surface area contributed by atoms with Gasteiger partial charge in [0.15, 0.2) is 0 Å². The van der Waals surface area contributed by atoms with Crippen molar-refractivity contribution in [3.8, 4) is 5.88 Å². The van der Waals surface area contributed by atoms with Crippen LogP contribution in [0, 0.1) is 23.7 Å². The number of hydrogen-bond donors (Lipinski definition) is 3. The third-order valence-electron chi connectivity index (χ3n) is 8.45.